The van der Waals surface area contributed by atoms with Crippen LogP contribution in [-0.4, -0.2) is 17.8 Å². The van der Waals surface area contributed by atoms with E-state index in [0.29, 0.717) is 0 Å². The lowest BCUT2D eigenvalue weighted by Crippen LogP contribution is -2.09. The van der Waals surface area contributed by atoms with Gasteiger partial charge in [-0.15, -0.1) is 0 Å². The topological polar surface area (TPSA) is 40.2 Å². The van der Waals surface area contributed by atoms with Gasteiger partial charge in [-0.25, -0.2) is 0 Å². The third-order valence-electron chi connectivity index (χ3n) is 3.31. The van der Waals surface area contributed by atoms with Crippen LogP contribution in [0.3, 0.4) is 0 Å². The summed E-state index contributed by atoms with van der Waals surface area (Å²) in [5, 5.41) is 0. The molecule has 1 aliphatic rings. The molecule has 1 heterocycles. The van der Waals surface area contributed by atoms with Crippen molar-refractivity contribution in [1.29, 1.82) is 0 Å². The molecule has 3 heteroatoms. The van der Waals surface area contributed by atoms with Crippen LogP contribution in [0.4, 0.5) is 0 Å². The number of aryl methyl sites for hydroxylation is 1. The van der Waals surface area contributed by atoms with Gasteiger partial charge in [-0.05, 0) is 37.3 Å². The summed E-state index contributed by atoms with van der Waals surface area (Å²) in [7, 11) is 0. The second kappa shape index (κ2) is 5.51. The van der Waals surface area contributed by atoms with Gasteiger partial charge in [-0.1, -0.05) is 6.42 Å². The standard InChI is InChI=1S/C13H22N2O/c1-2-16-8-7-15-9-11-5-3-4-6-13(14)12(11)10-15/h9-10,13H,2-8,14H2,1H3. The molecule has 1 aliphatic carbocycles. The van der Waals surface area contributed by atoms with Crippen molar-refractivity contribution in [1.82, 2.24) is 4.57 Å². The van der Waals surface area contributed by atoms with Crippen LogP contribution >= 0.6 is 0 Å². The molecule has 1 aromatic heterocycles. The summed E-state index contributed by atoms with van der Waals surface area (Å²) in [6.45, 7) is 4.55. The lowest BCUT2D eigenvalue weighted by Gasteiger charge is -2.07. The molecule has 2 rings (SSSR count). The molecule has 90 valence electrons. The lowest BCUT2D eigenvalue weighted by molar-refractivity contribution is 0.139. The molecule has 1 atom stereocenters. The number of nitrogens with zero attached hydrogens (tertiary/aromatic N) is 1. The first-order chi connectivity index (χ1) is 7.81. The summed E-state index contributed by atoms with van der Waals surface area (Å²) in [4.78, 5) is 0. The Labute approximate surface area is 97.6 Å². The van der Waals surface area contributed by atoms with Crippen molar-refractivity contribution in [3.05, 3.63) is 23.5 Å². The second-order valence-electron chi connectivity index (χ2n) is 4.53. The minimum Gasteiger partial charge on any atom is -0.380 e. The van der Waals surface area contributed by atoms with Gasteiger partial charge in [0, 0.05) is 31.6 Å². The van der Waals surface area contributed by atoms with Gasteiger partial charge < -0.3 is 15.0 Å². The molecule has 1 unspecified atom stereocenters. The SMILES string of the molecule is CCOCCn1cc2c(c1)C(N)CCCC2. The summed E-state index contributed by atoms with van der Waals surface area (Å²) < 4.78 is 7.60. The normalized spacial score (nSPS) is 20.5. The van der Waals surface area contributed by atoms with E-state index >= 15 is 0 Å². The first-order valence-electron chi connectivity index (χ1n) is 6.33. The Morgan fingerprint density at radius 1 is 1.44 bits per heavy atom. The molecule has 2 N–H and O–H groups in total. The number of hydrogen-bond donors (Lipinski definition) is 1. The predicted molar refractivity (Wildman–Crippen MR) is 65.4 cm³/mol. The number of fused-ring (bicyclic) bond motifs is 1. The first-order valence-corrected chi connectivity index (χ1v) is 6.33. The second-order valence-corrected chi connectivity index (χ2v) is 4.53. The molecule has 0 aliphatic heterocycles. The van der Waals surface area contributed by atoms with Crippen molar-refractivity contribution >= 4 is 0 Å². The molecule has 0 saturated carbocycles. The number of rotatable bonds is 4. The van der Waals surface area contributed by atoms with Gasteiger partial charge >= 0.3 is 0 Å². The van der Waals surface area contributed by atoms with Crippen molar-refractivity contribution in [3.8, 4) is 0 Å². The highest BCUT2D eigenvalue weighted by molar-refractivity contribution is 5.28. The van der Waals surface area contributed by atoms with Gasteiger partial charge in [-0.3, -0.25) is 0 Å². The molecular weight excluding hydrogens is 200 g/mol. The maximum atomic E-state index is 6.17. The molecular formula is C13H22N2O. The van der Waals surface area contributed by atoms with Gasteiger partial charge in [0.25, 0.3) is 0 Å². The smallest absolute Gasteiger partial charge is 0.0645 e. The van der Waals surface area contributed by atoms with Crippen molar-refractivity contribution in [2.24, 2.45) is 5.73 Å². The fourth-order valence-corrected chi connectivity index (χ4v) is 2.39. The van der Waals surface area contributed by atoms with Crippen LogP contribution in [0, 0.1) is 0 Å². The molecule has 0 spiro atoms. The van der Waals surface area contributed by atoms with E-state index in [9.17, 15) is 0 Å². The van der Waals surface area contributed by atoms with Crippen molar-refractivity contribution < 1.29 is 4.74 Å². The van der Waals surface area contributed by atoms with Crippen molar-refractivity contribution in [2.45, 2.75) is 45.2 Å². The van der Waals surface area contributed by atoms with E-state index in [0.717, 1.165) is 26.2 Å². The van der Waals surface area contributed by atoms with E-state index in [-0.39, 0.29) is 6.04 Å². The molecule has 3 nitrogen and oxygen atoms in total. The van der Waals surface area contributed by atoms with E-state index in [1.807, 2.05) is 6.92 Å². The first kappa shape index (κ1) is 11.7. The number of hydrogen-bond acceptors (Lipinski definition) is 2. The molecule has 0 aromatic carbocycles. The van der Waals surface area contributed by atoms with Gasteiger partial charge in [0.15, 0.2) is 0 Å². The zero-order valence-electron chi connectivity index (χ0n) is 10.1. The van der Waals surface area contributed by atoms with E-state index in [1.54, 1.807) is 0 Å². The average molecular weight is 222 g/mol. The van der Waals surface area contributed by atoms with Crippen LogP contribution < -0.4 is 5.73 Å². The highest BCUT2D eigenvalue weighted by Gasteiger charge is 2.16. The minimum absolute atomic E-state index is 0.242. The minimum atomic E-state index is 0.242. The predicted octanol–water partition coefficient (Wildman–Crippen LogP) is 2.25. The highest BCUT2D eigenvalue weighted by Crippen LogP contribution is 2.27. The zero-order chi connectivity index (χ0) is 11.4. The average Bonchev–Trinajstić information content (AvgIpc) is 2.61. The van der Waals surface area contributed by atoms with E-state index < -0.39 is 0 Å². The Bertz CT molecular complexity index is 333. The third kappa shape index (κ3) is 2.66. The maximum absolute atomic E-state index is 6.17. The Morgan fingerprint density at radius 2 is 2.31 bits per heavy atom. The van der Waals surface area contributed by atoms with Crippen LogP contribution in [0.15, 0.2) is 12.4 Å². The Balaban J connectivity index is 2.04. The summed E-state index contributed by atoms with van der Waals surface area (Å²) in [5.41, 5.74) is 8.97. The maximum Gasteiger partial charge on any atom is 0.0645 e. The van der Waals surface area contributed by atoms with E-state index in [2.05, 4.69) is 17.0 Å². The van der Waals surface area contributed by atoms with Gasteiger partial charge in [0.05, 0.1) is 6.61 Å². The summed E-state index contributed by atoms with van der Waals surface area (Å²) in [5.74, 6) is 0. The van der Waals surface area contributed by atoms with Crippen molar-refractivity contribution in [2.75, 3.05) is 13.2 Å². The molecule has 0 amide bonds. The summed E-state index contributed by atoms with van der Waals surface area (Å²) in [6, 6.07) is 0.242. The molecule has 16 heavy (non-hydrogen) atoms. The third-order valence-corrected chi connectivity index (χ3v) is 3.31. The number of nitrogens with two attached hydrogens (primary N) is 1. The number of ether oxygens (including phenoxy) is 1. The van der Waals surface area contributed by atoms with Crippen LogP contribution in [0.5, 0.6) is 0 Å². The van der Waals surface area contributed by atoms with Crippen LogP contribution in [0.2, 0.25) is 0 Å². The lowest BCUT2D eigenvalue weighted by atomic mass is 10.1. The zero-order valence-corrected chi connectivity index (χ0v) is 10.1. The molecule has 1 aromatic rings. The molecule has 0 saturated heterocycles. The van der Waals surface area contributed by atoms with Gasteiger partial charge in [0.1, 0.15) is 0 Å². The Hall–Kier alpha value is -0.800. The molecule has 0 fully saturated rings. The van der Waals surface area contributed by atoms with E-state index in [4.69, 9.17) is 10.5 Å². The quantitative estimate of drug-likeness (QED) is 0.627. The Kier molecular flexibility index (Phi) is 4.02. The van der Waals surface area contributed by atoms with Crippen molar-refractivity contribution in [3.63, 3.8) is 0 Å². The van der Waals surface area contributed by atoms with Crippen LogP contribution in [0.1, 0.15) is 43.4 Å². The van der Waals surface area contributed by atoms with Gasteiger partial charge in [0.2, 0.25) is 0 Å². The van der Waals surface area contributed by atoms with Gasteiger partial charge in [-0.2, -0.15) is 0 Å². The molecule has 0 bridgehead atoms. The molecule has 0 radical (unpaired) electrons. The Morgan fingerprint density at radius 3 is 3.12 bits per heavy atom. The highest BCUT2D eigenvalue weighted by atomic mass is 16.5. The summed E-state index contributed by atoms with van der Waals surface area (Å²) >= 11 is 0. The van der Waals surface area contributed by atoms with E-state index in [1.165, 1.54) is 30.4 Å². The number of aromatic nitrogens is 1. The fourth-order valence-electron chi connectivity index (χ4n) is 2.39. The fraction of sp³-hybridized carbons (Fsp3) is 0.692. The largest absolute Gasteiger partial charge is 0.380 e. The van der Waals surface area contributed by atoms with Crippen LogP contribution in [0.25, 0.3) is 0 Å². The summed E-state index contributed by atoms with van der Waals surface area (Å²) in [6.07, 6.45) is 9.31. The van der Waals surface area contributed by atoms with Crippen LogP contribution in [-0.2, 0) is 17.7 Å². The monoisotopic (exact) mass is 222 g/mol.